The molecule has 0 bridgehead atoms. The summed E-state index contributed by atoms with van der Waals surface area (Å²) < 4.78 is 5.73. The van der Waals surface area contributed by atoms with Crippen molar-refractivity contribution in [2.45, 2.75) is 90.6 Å². The second kappa shape index (κ2) is 14.6. The van der Waals surface area contributed by atoms with Crippen molar-refractivity contribution >= 4 is 0 Å². The molecule has 0 aromatic heterocycles. The summed E-state index contributed by atoms with van der Waals surface area (Å²) in [6.07, 6.45) is 16.4. The van der Waals surface area contributed by atoms with E-state index < -0.39 is 0 Å². The Kier molecular flexibility index (Phi) is 12.7. The van der Waals surface area contributed by atoms with Crippen molar-refractivity contribution in [2.75, 3.05) is 6.61 Å². The SMILES string of the molecule is CCCCCCCCCCCCCCOc1cccc(CO)c1. The fourth-order valence-corrected chi connectivity index (χ4v) is 2.87. The Bertz CT molecular complexity index is 376. The van der Waals surface area contributed by atoms with Crippen LogP contribution in [0.15, 0.2) is 24.3 Å². The molecule has 1 N–H and O–H groups in total. The number of benzene rings is 1. The summed E-state index contributed by atoms with van der Waals surface area (Å²) in [4.78, 5) is 0. The van der Waals surface area contributed by atoms with Gasteiger partial charge < -0.3 is 9.84 Å². The summed E-state index contributed by atoms with van der Waals surface area (Å²) in [5, 5.41) is 9.09. The molecule has 0 aliphatic rings. The third-order valence-electron chi connectivity index (χ3n) is 4.35. The lowest BCUT2D eigenvalue weighted by Crippen LogP contribution is -1.98. The molecule has 2 heteroatoms. The Labute approximate surface area is 143 Å². The number of aliphatic hydroxyl groups excluding tert-OH is 1. The molecule has 0 radical (unpaired) electrons. The lowest BCUT2D eigenvalue weighted by molar-refractivity contribution is 0.278. The Morgan fingerprint density at radius 1 is 0.783 bits per heavy atom. The van der Waals surface area contributed by atoms with E-state index in [0.717, 1.165) is 24.3 Å². The molecule has 0 amide bonds. The third kappa shape index (κ3) is 11.2. The van der Waals surface area contributed by atoms with Crippen molar-refractivity contribution < 1.29 is 9.84 Å². The average Bonchev–Trinajstić information content (AvgIpc) is 2.59. The molecule has 0 aliphatic heterocycles. The molecule has 0 saturated carbocycles. The average molecular weight is 321 g/mol. The molecule has 0 saturated heterocycles. The highest BCUT2D eigenvalue weighted by atomic mass is 16.5. The molecular formula is C21H36O2. The van der Waals surface area contributed by atoms with Gasteiger partial charge in [-0.3, -0.25) is 0 Å². The van der Waals surface area contributed by atoms with Gasteiger partial charge in [-0.2, -0.15) is 0 Å². The van der Waals surface area contributed by atoms with Crippen LogP contribution in [0.25, 0.3) is 0 Å². The second-order valence-electron chi connectivity index (χ2n) is 6.54. The van der Waals surface area contributed by atoms with Gasteiger partial charge in [-0.1, -0.05) is 89.7 Å². The van der Waals surface area contributed by atoms with Gasteiger partial charge >= 0.3 is 0 Å². The maximum absolute atomic E-state index is 9.09. The van der Waals surface area contributed by atoms with Crippen LogP contribution in [0.3, 0.4) is 0 Å². The molecule has 23 heavy (non-hydrogen) atoms. The Balaban J connectivity index is 1.84. The van der Waals surface area contributed by atoms with Crippen molar-refractivity contribution in [3.63, 3.8) is 0 Å². The maximum Gasteiger partial charge on any atom is 0.119 e. The Morgan fingerprint density at radius 3 is 1.91 bits per heavy atom. The molecule has 0 unspecified atom stereocenters. The minimum Gasteiger partial charge on any atom is -0.494 e. The highest BCUT2D eigenvalue weighted by Crippen LogP contribution is 2.15. The molecule has 0 heterocycles. The van der Waals surface area contributed by atoms with E-state index in [0.29, 0.717) is 0 Å². The molecular weight excluding hydrogens is 284 g/mol. The molecule has 2 nitrogen and oxygen atoms in total. The smallest absolute Gasteiger partial charge is 0.119 e. The van der Waals surface area contributed by atoms with E-state index in [2.05, 4.69) is 6.92 Å². The number of rotatable bonds is 15. The molecule has 0 aliphatic carbocycles. The minimum atomic E-state index is 0.0792. The quantitative estimate of drug-likeness (QED) is 0.386. The van der Waals surface area contributed by atoms with Crippen molar-refractivity contribution in [3.05, 3.63) is 29.8 Å². The number of ether oxygens (including phenoxy) is 1. The van der Waals surface area contributed by atoms with Gasteiger partial charge in [0.15, 0.2) is 0 Å². The van der Waals surface area contributed by atoms with Crippen LogP contribution in [0.4, 0.5) is 0 Å². The van der Waals surface area contributed by atoms with Gasteiger partial charge in [0, 0.05) is 0 Å². The van der Waals surface area contributed by atoms with E-state index in [-0.39, 0.29) is 6.61 Å². The van der Waals surface area contributed by atoms with Crippen LogP contribution in [0.2, 0.25) is 0 Å². The summed E-state index contributed by atoms with van der Waals surface area (Å²) in [5.41, 5.74) is 0.914. The van der Waals surface area contributed by atoms with E-state index in [9.17, 15) is 0 Å². The van der Waals surface area contributed by atoms with Gasteiger partial charge in [0.2, 0.25) is 0 Å². The largest absolute Gasteiger partial charge is 0.494 e. The topological polar surface area (TPSA) is 29.5 Å². The maximum atomic E-state index is 9.09. The van der Waals surface area contributed by atoms with Crippen molar-refractivity contribution in [3.8, 4) is 5.75 Å². The van der Waals surface area contributed by atoms with Gasteiger partial charge in [0.05, 0.1) is 13.2 Å². The normalized spacial score (nSPS) is 10.9. The Morgan fingerprint density at radius 2 is 1.35 bits per heavy atom. The molecule has 0 atom stereocenters. The first-order chi connectivity index (χ1) is 11.4. The molecule has 132 valence electrons. The zero-order chi connectivity index (χ0) is 16.6. The van der Waals surface area contributed by atoms with Crippen LogP contribution in [0, 0.1) is 0 Å². The van der Waals surface area contributed by atoms with Crippen LogP contribution >= 0.6 is 0 Å². The monoisotopic (exact) mass is 320 g/mol. The predicted octanol–water partition coefficient (Wildman–Crippen LogP) is 6.26. The minimum absolute atomic E-state index is 0.0792. The predicted molar refractivity (Wildman–Crippen MR) is 98.9 cm³/mol. The van der Waals surface area contributed by atoms with Crippen molar-refractivity contribution in [2.24, 2.45) is 0 Å². The van der Waals surface area contributed by atoms with E-state index in [1.165, 1.54) is 70.6 Å². The second-order valence-corrected chi connectivity index (χ2v) is 6.54. The number of aliphatic hydroxyl groups is 1. The fourth-order valence-electron chi connectivity index (χ4n) is 2.87. The molecule has 0 spiro atoms. The first-order valence-corrected chi connectivity index (χ1v) is 9.69. The summed E-state index contributed by atoms with van der Waals surface area (Å²) in [7, 11) is 0. The van der Waals surface area contributed by atoms with Gasteiger partial charge in [0.1, 0.15) is 5.75 Å². The van der Waals surface area contributed by atoms with Gasteiger partial charge in [-0.15, -0.1) is 0 Å². The standard InChI is InChI=1S/C21H36O2/c1-2-3-4-5-6-7-8-9-10-11-12-13-17-23-21-16-14-15-20(18-21)19-22/h14-16,18,22H,2-13,17,19H2,1H3. The zero-order valence-corrected chi connectivity index (χ0v) is 15.1. The van der Waals surface area contributed by atoms with Gasteiger partial charge in [-0.25, -0.2) is 0 Å². The van der Waals surface area contributed by atoms with Crippen LogP contribution in [-0.2, 0) is 6.61 Å². The molecule has 1 aromatic carbocycles. The molecule has 1 aromatic rings. The van der Waals surface area contributed by atoms with E-state index in [1.807, 2.05) is 24.3 Å². The van der Waals surface area contributed by atoms with E-state index >= 15 is 0 Å². The lowest BCUT2D eigenvalue weighted by Gasteiger charge is -2.07. The third-order valence-corrected chi connectivity index (χ3v) is 4.35. The Hall–Kier alpha value is -1.02. The van der Waals surface area contributed by atoms with Crippen molar-refractivity contribution in [1.82, 2.24) is 0 Å². The summed E-state index contributed by atoms with van der Waals surface area (Å²) in [5.74, 6) is 0.875. The molecule has 1 rings (SSSR count). The number of hydrogen-bond donors (Lipinski definition) is 1. The summed E-state index contributed by atoms with van der Waals surface area (Å²) in [6.45, 7) is 3.14. The first-order valence-electron chi connectivity index (χ1n) is 9.69. The number of hydrogen-bond acceptors (Lipinski definition) is 2. The van der Waals surface area contributed by atoms with Gasteiger partial charge in [0.25, 0.3) is 0 Å². The lowest BCUT2D eigenvalue weighted by atomic mass is 10.1. The van der Waals surface area contributed by atoms with Crippen LogP contribution in [-0.4, -0.2) is 11.7 Å². The van der Waals surface area contributed by atoms with Crippen LogP contribution in [0.1, 0.15) is 89.5 Å². The van der Waals surface area contributed by atoms with Crippen LogP contribution < -0.4 is 4.74 Å². The first kappa shape index (κ1) is 20.0. The highest BCUT2D eigenvalue weighted by molar-refractivity contribution is 5.27. The van der Waals surface area contributed by atoms with Crippen LogP contribution in [0.5, 0.6) is 5.75 Å². The van der Waals surface area contributed by atoms with E-state index in [4.69, 9.17) is 9.84 Å². The van der Waals surface area contributed by atoms with E-state index in [1.54, 1.807) is 0 Å². The summed E-state index contributed by atoms with van der Waals surface area (Å²) in [6, 6.07) is 7.72. The number of unbranched alkanes of at least 4 members (excludes halogenated alkanes) is 11. The zero-order valence-electron chi connectivity index (χ0n) is 15.1. The molecule has 0 fully saturated rings. The fraction of sp³-hybridized carbons (Fsp3) is 0.714. The summed E-state index contributed by atoms with van der Waals surface area (Å²) >= 11 is 0. The highest BCUT2D eigenvalue weighted by Gasteiger charge is 1.97. The van der Waals surface area contributed by atoms with Gasteiger partial charge in [-0.05, 0) is 24.1 Å². The van der Waals surface area contributed by atoms with Crippen molar-refractivity contribution in [1.29, 1.82) is 0 Å².